The number of likely N-dealkylation sites (N-methyl/N-ethyl adjacent to an activating group) is 1. The number of amides is 1. The highest BCUT2D eigenvalue weighted by Crippen LogP contribution is 2.24. The largest absolute Gasteiger partial charge is 0.497 e. The number of allylic oxidation sites excluding steroid dienone is 5. The van der Waals surface area contributed by atoms with Gasteiger partial charge in [-0.15, -0.1) is 0 Å². The molecule has 0 aromatic carbocycles. The lowest BCUT2D eigenvalue weighted by molar-refractivity contribution is -0.126. The Balaban J connectivity index is -0.000000667. The molecule has 0 saturated heterocycles. The molecule has 0 radical (unpaired) electrons. The second-order valence-corrected chi connectivity index (χ2v) is 9.93. The number of hydrogen-bond donors (Lipinski definition) is 0. The molecule has 0 N–H and O–H groups in total. The second kappa shape index (κ2) is 29.8. The molecule has 0 fully saturated rings. The molecule has 1 atom stereocenters. The topological polar surface area (TPSA) is 45.3 Å². The van der Waals surface area contributed by atoms with Crippen molar-refractivity contribution in [3.63, 3.8) is 0 Å². The number of nitrogens with zero attached hydrogens (tertiary/aromatic N) is 3. The van der Waals surface area contributed by atoms with Gasteiger partial charge in [0.05, 0.1) is 19.4 Å². The standard InChI is InChI=1S/C20H31NO2.C10H19NO.C4H11N.C2H6/c1-6-9-10-12-19(22-5)20-15-21(18(8-3)16-23-20)14-13-17(4)11-7-2;1-5-9(6-2)10(12)11(7-3)8-4;1-4-5(2)3;1-2/h6,8-10,16-17H,1,3,7,11-15H2,2,4-5H3;5H,6-8H2,1-4H3;4H2,1-3H3;1-2H3/b10-9-,20-19-;9-5+;;. The van der Waals surface area contributed by atoms with E-state index in [1.807, 2.05) is 70.7 Å². The van der Waals surface area contributed by atoms with Crippen LogP contribution in [0, 0.1) is 5.92 Å². The molecule has 0 spiro atoms. The average molecular weight is 590 g/mol. The lowest BCUT2D eigenvalue weighted by Crippen LogP contribution is -2.31. The Labute approximate surface area is 261 Å². The maximum atomic E-state index is 11.6. The van der Waals surface area contributed by atoms with E-state index in [9.17, 15) is 4.79 Å². The molecule has 244 valence electrons. The Bertz CT molecular complexity index is 821. The minimum Gasteiger partial charge on any atom is -0.497 e. The van der Waals surface area contributed by atoms with Gasteiger partial charge < -0.3 is 24.2 Å². The Morgan fingerprint density at radius 2 is 1.69 bits per heavy atom. The first kappa shape index (κ1) is 43.7. The monoisotopic (exact) mass is 590 g/mol. The third-order valence-corrected chi connectivity index (χ3v) is 6.72. The molecular weight excluding hydrogens is 522 g/mol. The van der Waals surface area contributed by atoms with E-state index in [2.05, 4.69) is 57.8 Å². The molecule has 1 unspecified atom stereocenters. The van der Waals surface area contributed by atoms with Crippen molar-refractivity contribution in [2.75, 3.05) is 53.9 Å². The summed E-state index contributed by atoms with van der Waals surface area (Å²) in [4.78, 5) is 17.9. The van der Waals surface area contributed by atoms with Crippen LogP contribution in [0.1, 0.15) is 94.4 Å². The Hall–Kier alpha value is -2.73. The lowest BCUT2D eigenvalue weighted by Gasteiger charge is -2.31. The highest BCUT2D eigenvalue weighted by molar-refractivity contribution is 5.93. The van der Waals surface area contributed by atoms with Crippen molar-refractivity contribution in [3.05, 3.63) is 72.6 Å². The molecule has 0 saturated carbocycles. The van der Waals surface area contributed by atoms with Crippen LogP contribution in [0.5, 0.6) is 0 Å². The van der Waals surface area contributed by atoms with E-state index < -0.39 is 0 Å². The van der Waals surface area contributed by atoms with Crippen LogP contribution in [0.25, 0.3) is 0 Å². The number of carbonyl (C=O) groups is 1. The number of methoxy groups -OCH3 is 1. The second-order valence-electron chi connectivity index (χ2n) is 9.93. The van der Waals surface area contributed by atoms with Gasteiger partial charge in [-0.25, -0.2) is 0 Å². The van der Waals surface area contributed by atoms with Gasteiger partial charge in [0.15, 0.2) is 5.76 Å². The van der Waals surface area contributed by atoms with Crippen LogP contribution >= 0.6 is 0 Å². The molecule has 6 heteroatoms. The fraction of sp³-hybridized carbons (Fsp3) is 0.639. The highest BCUT2D eigenvalue weighted by Gasteiger charge is 2.20. The van der Waals surface area contributed by atoms with Crippen LogP contribution in [0.2, 0.25) is 0 Å². The molecule has 0 aromatic heterocycles. The van der Waals surface area contributed by atoms with Crippen molar-refractivity contribution >= 4 is 5.91 Å². The molecule has 0 bridgehead atoms. The summed E-state index contributed by atoms with van der Waals surface area (Å²) in [6, 6.07) is 0. The Morgan fingerprint density at radius 1 is 1.10 bits per heavy atom. The van der Waals surface area contributed by atoms with Gasteiger partial charge >= 0.3 is 0 Å². The summed E-state index contributed by atoms with van der Waals surface area (Å²) in [5.74, 6) is 2.65. The maximum Gasteiger partial charge on any atom is 0.249 e. The Morgan fingerprint density at radius 3 is 2.10 bits per heavy atom. The van der Waals surface area contributed by atoms with Gasteiger partial charge in [-0.2, -0.15) is 0 Å². The van der Waals surface area contributed by atoms with E-state index in [0.29, 0.717) is 6.42 Å². The molecule has 1 aliphatic heterocycles. The zero-order chi connectivity index (χ0) is 32.9. The van der Waals surface area contributed by atoms with Gasteiger partial charge in [-0.05, 0) is 66.2 Å². The molecule has 0 aromatic rings. The van der Waals surface area contributed by atoms with E-state index in [4.69, 9.17) is 9.47 Å². The lowest BCUT2D eigenvalue weighted by atomic mass is 10.0. The van der Waals surface area contributed by atoms with Crippen molar-refractivity contribution in [2.45, 2.75) is 94.4 Å². The number of ether oxygens (including phenoxy) is 2. The predicted octanol–water partition coefficient (Wildman–Crippen LogP) is 8.97. The molecular formula is C36H67N3O3. The van der Waals surface area contributed by atoms with Crippen molar-refractivity contribution in [1.82, 2.24) is 14.7 Å². The fourth-order valence-electron chi connectivity index (χ4n) is 3.84. The Kier molecular flexibility index (Phi) is 31.0. The predicted molar refractivity (Wildman–Crippen MR) is 185 cm³/mol. The van der Waals surface area contributed by atoms with Gasteiger partial charge in [-0.3, -0.25) is 4.79 Å². The van der Waals surface area contributed by atoms with Crippen molar-refractivity contribution in [1.29, 1.82) is 0 Å². The van der Waals surface area contributed by atoms with E-state index in [1.54, 1.807) is 19.4 Å². The van der Waals surface area contributed by atoms with Crippen LogP contribution in [0.4, 0.5) is 0 Å². The normalized spacial score (nSPS) is 14.5. The van der Waals surface area contributed by atoms with Crippen LogP contribution in [0.15, 0.2) is 72.6 Å². The van der Waals surface area contributed by atoms with E-state index in [-0.39, 0.29) is 5.91 Å². The third-order valence-electron chi connectivity index (χ3n) is 6.72. The molecule has 1 aliphatic rings. The van der Waals surface area contributed by atoms with Crippen LogP contribution in [0.3, 0.4) is 0 Å². The SMILES string of the molecule is C/C=C(\CC)C(=O)N(CC)CC.C=C/C=C\C/C(OC)=C1\CN(CCC(C)CCC)C(C=C)=CO1.CC.CCN(C)C. The fourth-order valence-corrected chi connectivity index (χ4v) is 3.84. The zero-order valence-corrected chi connectivity index (χ0v) is 29.6. The van der Waals surface area contributed by atoms with Gasteiger partial charge in [0.25, 0.3) is 0 Å². The summed E-state index contributed by atoms with van der Waals surface area (Å²) in [5, 5.41) is 0. The summed E-state index contributed by atoms with van der Waals surface area (Å²) < 4.78 is 11.3. The van der Waals surface area contributed by atoms with Gasteiger partial charge in [-0.1, -0.05) is 91.8 Å². The minimum absolute atomic E-state index is 0.185. The van der Waals surface area contributed by atoms with Gasteiger partial charge in [0.1, 0.15) is 12.0 Å². The van der Waals surface area contributed by atoms with Gasteiger partial charge in [0, 0.05) is 31.6 Å². The summed E-state index contributed by atoms with van der Waals surface area (Å²) in [7, 11) is 5.80. The zero-order valence-electron chi connectivity index (χ0n) is 29.6. The highest BCUT2D eigenvalue weighted by atomic mass is 16.5. The number of hydrogen-bond acceptors (Lipinski definition) is 5. The number of rotatable bonds is 15. The molecule has 1 heterocycles. The van der Waals surface area contributed by atoms with E-state index in [1.165, 1.54) is 19.3 Å². The quantitative estimate of drug-likeness (QED) is 0.108. The minimum atomic E-state index is 0.185. The summed E-state index contributed by atoms with van der Waals surface area (Å²) in [5.41, 5.74) is 1.95. The summed E-state index contributed by atoms with van der Waals surface area (Å²) in [6.45, 7) is 30.7. The first-order valence-electron chi connectivity index (χ1n) is 16.0. The first-order valence-corrected chi connectivity index (χ1v) is 16.0. The summed E-state index contributed by atoms with van der Waals surface area (Å²) in [6.07, 6.45) is 16.4. The average Bonchev–Trinajstić information content (AvgIpc) is 3.01. The summed E-state index contributed by atoms with van der Waals surface area (Å²) >= 11 is 0. The third kappa shape index (κ3) is 20.2. The van der Waals surface area contributed by atoms with Crippen molar-refractivity contribution < 1.29 is 14.3 Å². The van der Waals surface area contributed by atoms with Crippen molar-refractivity contribution in [2.24, 2.45) is 5.92 Å². The van der Waals surface area contributed by atoms with E-state index in [0.717, 1.165) is 67.9 Å². The smallest absolute Gasteiger partial charge is 0.249 e. The first-order chi connectivity index (χ1) is 20.1. The molecule has 42 heavy (non-hydrogen) atoms. The number of carbonyl (C=O) groups excluding carboxylic acids is 1. The van der Waals surface area contributed by atoms with Crippen LogP contribution in [-0.4, -0.2) is 74.5 Å². The van der Waals surface area contributed by atoms with Crippen LogP contribution in [-0.2, 0) is 14.3 Å². The van der Waals surface area contributed by atoms with Crippen LogP contribution < -0.4 is 0 Å². The maximum absolute atomic E-state index is 11.6. The van der Waals surface area contributed by atoms with E-state index >= 15 is 0 Å². The van der Waals surface area contributed by atoms with Crippen molar-refractivity contribution in [3.8, 4) is 0 Å². The molecule has 1 rings (SSSR count). The molecule has 6 nitrogen and oxygen atoms in total. The van der Waals surface area contributed by atoms with Gasteiger partial charge in [0.2, 0.25) is 5.91 Å². The molecule has 0 aliphatic carbocycles. The molecule has 1 amide bonds.